The van der Waals surface area contributed by atoms with E-state index in [-0.39, 0.29) is 0 Å². The van der Waals surface area contributed by atoms with Crippen LogP contribution in [0.25, 0.3) is 0 Å². The highest BCUT2D eigenvalue weighted by Gasteiger charge is 2.14. The zero-order chi connectivity index (χ0) is 10.6. The van der Waals surface area contributed by atoms with Crippen molar-refractivity contribution in [1.82, 2.24) is 10.2 Å². The van der Waals surface area contributed by atoms with Crippen molar-refractivity contribution in [2.75, 3.05) is 5.73 Å². The van der Waals surface area contributed by atoms with E-state index in [9.17, 15) is 0 Å². The molecular weight excluding hydrogens is 174 g/mol. The van der Waals surface area contributed by atoms with Crippen LogP contribution in [0.5, 0.6) is 0 Å². The molecule has 0 fully saturated rings. The first-order chi connectivity index (χ1) is 6.70. The lowest BCUT2D eigenvalue weighted by Gasteiger charge is -2.10. The minimum absolute atomic E-state index is 0.551. The number of aromatic amines is 1. The van der Waals surface area contributed by atoms with E-state index in [1.54, 1.807) is 0 Å². The van der Waals surface area contributed by atoms with Crippen molar-refractivity contribution in [3.05, 3.63) is 11.3 Å². The number of unbranched alkanes of at least 4 members (excludes halogenated alkanes) is 1. The Hall–Kier alpha value is -0.990. The molecule has 3 nitrogen and oxygen atoms in total. The van der Waals surface area contributed by atoms with Gasteiger partial charge in [-0.25, -0.2) is 0 Å². The zero-order valence-corrected chi connectivity index (χ0v) is 9.43. The average Bonchev–Trinajstić information content (AvgIpc) is 2.55. The van der Waals surface area contributed by atoms with E-state index in [1.165, 1.54) is 30.5 Å². The number of hydrogen-bond donors (Lipinski definition) is 2. The third kappa shape index (κ3) is 2.28. The first kappa shape index (κ1) is 11.1. The summed E-state index contributed by atoms with van der Waals surface area (Å²) in [6.07, 6.45) is 4.69. The van der Waals surface area contributed by atoms with Crippen molar-refractivity contribution in [1.29, 1.82) is 0 Å². The van der Waals surface area contributed by atoms with Gasteiger partial charge in [0.15, 0.2) is 0 Å². The van der Waals surface area contributed by atoms with Crippen LogP contribution in [0.4, 0.5) is 5.82 Å². The van der Waals surface area contributed by atoms with Gasteiger partial charge in [0.2, 0.25) is 0 Å². The number of anilines is 1. The maximum Gasteiger partial charge on any atom is 0.148 e. The smallest absolute Gasteiger partial charge is 0.148 e. The molecule has 0 aromatic carbocycles. The number of nitrogens with zero attached hydrogens (tertiary/aromatic N) is 1. The molecule has 0 bridgehead atoms. The summed E-state index contributed by atoms with van der Waals surface area (Å²) in [5, 5.41) is 7.13. The lowest BCUT2D eigenvalue weighted by Crippen LogP contribution is -1.99. The van der Waals surface area contributed by atoms with Crippen molar-refractivity contribution >= 4 is 5.82 Å². The average molecular weight is 195 g/mol. The predicted octanol–water partition coefficient (Wildman–Crippen LogP) is 2.85. The summed E-state index contributed by atoms with van der Waals surface area (Å²) in [6, 6.07) is 0. The molecule has 0 aliphatic rings. The summed E-state index contributed by atoms with van der Waals surface area (Å²) in [6.45, 7) is 6.58. The van der Waals surface area contributed by atoms with Crippen LogP contribution in [0.3, 0.4) is 0 Å². The molecule has 3 N–H and O–H groups in total. The van der Waals surface area contributed by atoms with Gasteiger partial charge in [-0.1, -0.05) is 33.6 Å². The van der Waals surface area contributed by atoms with E-state index < -0.39 is 0 Å². The molecule has 0 spiro atoms. The lowest BCUT2D eigenvalue weighted by molar-refractivity contribution is 0.606. The van der Waals surface area contributed by atoms with Gasteiger partial charge in [0.1, 0.15) is 5.82 Å². The summed E-state index contributed by atoms with van der Waals surface area (Å²) >= 11 is 0. The monoisotopic (exact) mass is 195 g/mol. The highest BCUT2D eigenvalue weighted by Crippen LogP contribution is 2.26. The first-order valence-electron chi connectivity index (χ1n) is 5.53. The molecule has 3 heteroatoms. The Morgan fingerprint density at radius 3 is 2.71 bits per heavy atom. The largest absolute Gasteiger partial charge is 0.382 e. The molecule has 1 aromatic heterocycles. The quantitative estimate of drug-likeness (QED) is 0.759. The highest BCUT2D eigenvalue weighted by molar-refractivity contribution is 5.43. The van der Waals surface area contributed by atoms with E-state index in [0.29, 0.717) is 11.7 Å². The van der Waals surface area contributed by atoms with Crippen LogP contribution in [-0.4, -0.2) is 10.2 Å². The Morgan fingerprint density at radius 1 is 1.43 bits per heavy atom. The minimum Gasteiger partial charge on any atom is -0.382 e. The van der Waals surface area contributed by atoms with E-state index in [2.05, 4.69) is 31.0 Å². The fourth-order valence-electron chi connectivity index (χ4n) is 1.83. The van der Waals surface area contributed by atoms with Crippen molar-refractivity contribution in [3.63, 3.8) is 0 Å². The Kier molecular flexibility index (Phi) is 3.98. The van der Waals surface area contributed by atoms with E-state index in [0.717, 1.165) is 6.42 Å². The second kappa shape index (κ2) is 5.03. The Labute approximate surface area is 86.1 Å². The Bertz CT molecular complexity index is 278. The van der Waals surface area contributed by atoms with Crippen LogP contribution in [-0.2, 0) is 6.42 Å². The molecular formula is C11H21N3. The van der Waals surface area contributed by atoms with Gasteiger partial charge < -0.3 is 5.73 Å². The van der Waals surface area contributed by atoms with Crippen LogP contribution in [0.15, 0.2) is 0 Å². The second-order valence-electron chi connectivity index (χ2n) is 3.90. The maximum absolute atomic E-state index is 5.78. The maximum atomic E-state index is 5.78. The molecule has 1 rings (SSSR count). The van der Waals surface area contributed by atoms with Crippen molar-refractivity contribution in [3.8, 4) is 0 Å². The molecule has 1 heterocycles. The van der Waals surface area contributed by atoms with Gasteiger partial charge in [-0.15, -0.1) is 0 Å². The van der Waals surface area contributed by atoms with Crippen molar-refractivity contribution < 1.29 is 0 Å². The zero-order valence-electron chi connectivity index (χ0n) is 9.43. The van der Waals surface area contributed by atoms with Crippen LogP contribution in [0.2, 0.25) is 0 Å². The molecule has 0 amide bonds. The number of aromatic nitrogens is 2. The first-order valence-corrected chi connectivity index (χ1v) is 5.53. The van der Waals surface area contributed by atoms with E-state index in [4.69, 9.17) is 5.73 Å². The SMILES string of the molecule is CCCCC(C)c1[nH]nc(N)c1CC. The molecule has 0 aliphatic heterocycles. The summed E-state index contributed by atoms with van der Waals surface area (Å²) in [7, 11) is 0. The number of rotatable bonds is 5. The summed E-state index contributed by atoms with van der Waals surface area (Å²) in [5.74, 6) is 1.22. The van der Waals surface area contributed by atoms with Gasteiger partial charge in [0, 0.05) is 11.3 Å². The molecule has 80 valence electrons. The summed E-state index contributed by atoms with van der Waals surface area (Å²) in [5.41, 5.74) is 8.21. The third-order valence-electron chi connectivity index (χ3n) is 2.77. The Balaban J connectivity index is 2.73. The number of hydrogen-bond acceptors (Lipinski definition) is 2. The van der Waals surface area contributed by atoms with Gasteiger partial charge in [0.05, 0.1) is 0 Å². The number of nitrogen functional groups attached to an aromatic ring is 1. The lowest BCUT2D eigenvalue weighted by atomic mass is 9.96. The number of nitrogens with two attached hydrogens (primary N) is 1. The molecule has 14 heavy (non-hydrogen) atoms. The molecule has 1 atom stereocenters. The van der Waals surface area contributed by atoms with Gasteiger partial charge in [0.25, 0.3) is 0 Å². The summed E-state index contributed by atoms with van der Waals surface area (Å²) in [4.78, 5) is 0. The standard InChI is InChI=1S/C11H21N3/c1-4-6-7-8(3)10-9(5-2)11(12)14-13-10/h8H,4-7H2,1-3H3,(H3,12,13,14). The second-order valence-corrected chi connectivity index (χ2v) is 3.90. The molecule has 0 saturated carbocycles. The molecule has 1 aromatic rings. The fourth-order valence-corrected chi connectivity index (χ4v) is 1.83. The van der Waals surface area contributed by atoms with Crippen LogP contribution >= 0.6 is 0 Å². The highest BCUT2D eigenvalue weighted by atomic mass is 15.2. The number of nitrogens with one attached hydrogen (secondary N) is 1. The molecule has 1 unspecified atom stereocenters. The summed E-state index contributed by atoms with van der Waals surface area (Å²) < 4.78 is 0. The third-order valence-corrected chi connectivity index (χ3v) is 2.77. The number of H-pyrrole nitrogens is 1. The fraction of sp³-hybridized carbons (Fsp3) is 0.727. The topological polar surface area (TPSA) is 54.7 Å². The normalized spacial score (nSPS) is 13.1. The van der Waals surface area contributed by atoms with E-state index >= 15 is 0 Å². The molecule has 0 radical (unpaired) electrons. The van der Waals surface area contributed by atoms with Crippen LogP contribution < -0.4 is 5.73 Å². The van der Waals surface area contributed by atoms with Gasteiger partial charge in [-0.2, -0.15) is 5.10 Å². The van der Waals surface area contributed by atoms with Gasteiger partial charge in [-0.05, 0) is 18.8 Å². The minimum atomic E-state index is 0.551. The van der Waals surface area contributed by atoms with Crippen molar-refractivity contribution in [2.45, 2.75) is 52.4 Å². The van der Waals surface area contributed by atoms with Gasteiger partial charge >= 0.3 is 0 Å². The molecule has 0 saturated heterocycles. The van der Waals surface area contributed by atoms with Crippen LogP contribution in [0, 0.1) is 0 Å². The predicted molar refractivity (Wildman–Crippen MR) is 60.3 cm³/mol. The van der Waals surface area contributed by atoms with E-state index in [1.807, 2.05) is 0 Å². The Morgan fingerprint density at radius 2 is 2.14 bits per heavy atom. The van der Waals surface area contributed by atoms with Gasteiger partial charge in [-0.3, -0.25) is 5.10 Å². The van der Waals surface area contributed by atoms with Crippen molar-refractivity contribution in [2.24, 2.45) is 0 Å². The molecule has 0 aliphatic carbocycles. The van der Waals surface area contributed by atoms with Crippen LogP contribution in [0.1, 0.15) is 57.2 Å².